The first-order valence-electron chi connectivity index (χ1n) is 6.17. The number of carbonyl (C=O) groups excluding carboxylic acids is 3. The molecule has 0 saturated carbocycles. The maximum atomic E-state index is 11.8. The summed E-state index contributed by atoms with van der Waals surface area (Å²) in [5, 5.41) is 0. The van der Waals surface area contributed by atoms with Gasteiger partial charge in [0.05, 0.1) is 17.6 Å². The molecule has 20 heavy (non-hydrogen) atoms. The molecule has 0 aliphatic carbocycles. The number of hydrogen-bond donors (Lipinski definition) is 0. The molecule has 2 rings (SSSR count). The number of fused-ring (bicyclic) bond motifs is 1. The fourth-order valence-corrected chi connectivity index (χ4v) is 2.12. The van der Waals surface area contributed by atoms with Gasteiger partial charge in [0.1, 0.15) is 5.82 Å². The summed E-state index contributed by atoms with van der Waals surface area (Å²) in [6.07, 6.45) is 0. The number of benzene rings is 1. The number of amides is 2. The molecule has 2 aromatic rings. The van der Waals surface area contributed by atoms with Crippen LogP contribution in [0.3, 0.4) is 0 Å². The van der Waals surface area contributed by atoms with Crippen molar-refractivity contribution in [2.45, 2.75) is 27.3 Å². The molecule has 0 fully saturated rings. The second-order valence-electron chi connectivity index (χ2n) is 4.50. The minimum atomic E-state index is -0.375. The summed E-state index contributed by atoms with van der Waals surface area (Å²) < 4.78 is 1.42. The molecule has 1 heterocycles. The van der Waals surface area contributed by atoms with Crippen LogP contribution in [0.5, 0.6) is 0 Å². The van der Waals surface area contributed by atoms with Crippen molar-refractivity contribution in [3.8, 4) is 0 Å². The van der Waals surface area contributed by atoms with Crippen molar-refractivity contribution >= 4 is 28.8 Å². The van der Waals surface area contributed by atoms with Gasteiger partial charge < -0.3 is 0 Å². The maximum Gasteiger partial charge on any atom is 0.229 e. The van der Waals surface area contributed by atoms with Gasteiger partial charge in [-0.2, -0.15) is 0 Å². The van der Waals surface area contributed by atoms with Gasteiger partial charge >= 0.3 is 0 Å². The lowest BCUT2D eigenvalue weighted by atomic mass is 10.3. The molecule has 0 radical (unpaired) electrons. The summed E-state index contributed by atoms with van der Waals surface area (Å²) in [7, 11) is 0. The number of carbonyl (C=O) groups is 3. The van der Waals surface area contributed by atoms with Crippen molar-refractivity contribution in [1.29, 1.82) is 0 Å². The summed E-state index contributed by atoms with van der Waals surface area (Å²) >= 11 is 0. The fourth-order valence-electron chi connectivity index (χ4n) is 2.12. The van der Waals surface area contributed by atoms with Crippen LogP contribution in [0.4, 0.5) is 0 Å². The Morgan fingerprint density at radius 2 is 1.70 bits per heavy atom. The summed E-state index contributed by atoms with van der Waals surface area (Å²) in [4.78, 5) is 40.1. The van der Waals surface area contributed by atoms with Crippen molar-refractivity contribution in [2.75, 3.05) is 0 Å². The van der Waals surface area contributed by atoms with Crippen molar-refractivity contribution in [1.82, 2.24) is 14.5 Å². The minimum Gasteiger partial charge on any atom is -0.275 e. The fraction of sp³-hybridized carbons (Fsp3) is 0.286. The number of hydrogen-bond acceptors (Lipinski definition) is 4. The number of nitrogens with zero attached hydrogens (tertiary/aromatic N) is 3. The van der Waals surface area contributed by atoms with Crippen LogP contribution in [0.15, 0.2) is 24.3 Å². The summed E-state index contributed by atoms with van der Waals surface area (Å²) in [6.45, 7) is 4.02. The lowest BCUT2D eigenvalue weighted by molar-refractivity contribution is -0.142. The molecule has 2 amide bonds. The second-order valence-corrected chi connectivity index (χ2v) is 4.50. The molecule has 6 heteroatoms. The Bertz CT molecular complexity index is 689. The van der Waals surface area contributed by atoms with Crippen LogP contribution in [0.2, 0.25) is 0 Å². The highest BCUT2D eigenvalue weighted by molar-refractivity contribution is 5.93. The highest BCUT2D eigenvalue weighted by Gasteiger charge is 2.20. The zero-order valence-electron chi connectivity index (χ0n) is 11.6. The Morgan fingerprint density at radius 3 is 2.25 bits per heavy atom. The Balaban J connectivity index is 2.53. The molecule has 0 aliphatic rings. The largest absolute Gasteiger partial charge is 0.275 e. The summed E-state index contributed by atoms with van der Waals surface area (Å²) in [6, 6.07) is 7.18. The van der Waals surface area contributed by atoms with E-state index in [1.807, 2.05) is 6.07 Å². The van der Waals surface area contributed by atoms with E-state index in [1.54, 1.807) is 18.2 Å². The molecule has 6 nitrogen and oxygen atoms in total. The van der Waals surface area contributed by atoms with E-state index in [0.29, 0.717) is 16.9 Å². The highest BCUT2D eigenvalue weighted by Crippen LogP contribution is 2.17. The van der Waals surface area contributed by atoms with Crippen LogP contribution in [0, 0.1) is 0 Å². The van der Waals surface area contributed by atoms with Gasteiger partial charge in [-0.3, -0.25) is 23.9 Å². The van der Waals surface area contributed by atoms with E-state index in [4.69, 9.17) is 0 Å². The van der Waals surface area contributed by atoms with Gasteiger partial charge in [0.15, 0.2) is 0 Å². The first-order valence-corrected chi connectivity index (χ1v) is 6.17. The van der Waals surface area contributed by atoms with E-state index in [-0.39, 0.29) is 24.3 Å². The molecule has 0 spiro atoms. The van der Waals surface area contributed by atoms with Crippen molar-refractivity contribution < 1.29 is 14.4 Å². The number of imidazole rings is 1. The first-order chi connectivity index (χ1) is 9.41. The molecule has 0 bridgehead atoms. The maximum absolute atomic E-state index is 11.8. The average Bonchev–Trinajstić information content (AvgIpc) is 2.73. The predicted molar refractivity (Wildman–Crippen MR) is 72.9 cm³/mol. The van der Waals surface area contributed by atoms with Crippen molar-refractivity contribution in [2.24, 2.45) is 0 Å². The third kappa shape index (κ3) is 2.45. The van der Waals surface area contributed by atoms with E-state index >= 15 is 0 Å². The third-order valence-corrected chi connectivity index (χ3v) is 3.00. The molecule has 0 saturated heterocycles. The quantitative estimate of drug-likeness (QED) is 0.833. The lowest BCUT2D eigenvalue weighted by Gasteiger charge is -2.16. The van der Waals surface area contributed by atoms with Gasteiger partial charge in [-0.05, 0) is 12.1 Å². The molecular formula is C14H15N3O3. The van der Waals surface area contributed by atoms with Crippen LogP contribution < -0.4 is 0 Å². The molecule has 1 aromatic heterocycles. The molecule has 0 atom stereocenters. The van der Waals surface area contributed by atoms with Crippen LogP contribution in [0.25, 0.3) is 11.0 Å². The molecule has 0 aliphatic heterocycles. The van der Waals surface area contributed by atoms with Crippen LogP contribution in [-0.2, 0) is 16.1 Å². The standard InChI is InChI=1S/C14H15N3O3/c1-9(18)16(10(2)19)8-14-15-12-6-4-5-7-13(12)17(14)11(3)20/h4-7H,8H2,1-3H3. The van der Waals surface area contributed by atoms with Crippen molar-refractivity contribution in [3.63, 3.8) is 0 Å². The van der Waals surface area contributed by atoms with E-state index in [9.17, 15) is 14.4 Å². The normalized spacial score (nSPS) is 10.6. The van der Waals surface area contributed by atoms with Crippen molar-refractivity contribution in [3.05, 3.63) is 30.1 Å². The van der Waals surface area contributed by atoms with Crippen LogP contribution >= 0.6 is 0 Å². The van der Waals surface area contributed by atoms with Gasteiger partial charge in [-0.1, -0.05) is 12.1 Å². The Kier molecular flexibility index (Phi) is 3.65. The van der Waals surface area contributed by atoms with Gasteiger partial charge in [0.2, 0.25) is 17.7 Å². The predicted octanol–water partition coefficient (Wildman–Crippen LogP) is 1.59. The molecule has 104 valence electrons. The lowest BCUT2D eigenvalue weighted by Crippen LogP contribution is -2.34. The molecule has 1 aromatic carbocycles. The average molecular weight is 273 g/mol. The smallest absolute Gasteiger partial charge is 0.229 e. The highest BCUT2D eigenvalue weighted by atomic mass is 16.2. The third-order valence-electron chi connectivity index (χ3n) is 3.00. The monoisotopic (exact) mass is 273 g/mol. The van der Waals surface area contributed by atoms with E-state index in [2.05, 4.69) is 4.98 Å². The van der Waals surface area contributed by atoms with Crippen LogP contribution in [-0.4, -0.2) is 32.2 Å². The number of aromatic nitrogens is 2. The Morgan fingerprint density at radius 1 is 1.10 bits per heavy atom. The number of rotatable bonds is 2. The van der Waals surface area contributed by atoms with E-state index in [1.165, 1.54) is 25.3 Å². The zero-order chi connectivity index (χ0) is 14.9. The van der Waals surface area contributed by atoms with Crippen LogP contribution in [0.1, 0.15) is 31.4 Å². The topological polar surface area (TPSA) is 72.3 Å². The molecular weight excluding hydrogens is 258 g/mol. The van der Waals surface area contributed by atoms with E-state index in [0.717, 1.165) is 4.90 Å². The molecule has 0 N–H and O–H groups in total. The number of imide groups is 1. The van der Waals surface area contributed by atoms with Gasteiger partial charge in [-0.25, -0.2) is 4.98 Å². The zero-order valence-corrected chi connectivity index (χ0v) is 11.6. The Hall–Kier alpha value is -2.50. The van der Waals surface area contributed by atoms with E-state index < -0.39 is 0 Å². The minimum absolute atomic E-state index is 0.0150. The second kappa shape index (κ2) is 5.24. The summed E-state index contributed by atoms with van der Waals surface area (Å²) in [5.41, 5.74) is 1.33. The van der Waals surface area contributed by atoms with Gasteiger partial charge in [-0.15, -0.1) is 0 Å². The molecule has 0 unspecified atom stereocenters. The van der Waals surface area contributed by atoms with Gasteiger partial charge in [0.25, 0.3) is 0 Å². The first kappa shape index (κ1) is 13.9. The SMILES string of the molecule is CC(=O)N(Cc1nc2ccccc2n1C(C)=O)C(C)=O. The summed E-state index contributed by atoms with van der Waals surface area (Å²) in [5.74, 6) is -0.579. The van der Waals surface area contributed by atoms with Gasteiger partial charge in [0, 0.05) is 20.8 Å². The number of para-hydroxylation sites is 2. The Labute approximate surface area is 116 Å².